The molecule has 0 aliphatic carbocycles. The number of thiophene rings is 1. The van der Waals surface area contributed by atoms with Crippen molar-refractivity contribution in [1.82, 2.24) is 19.0 Å². The molecule has 4 heterocycles. The fourth-order valence-electron chi connectivity index (χ4n) is 5.41. The Labute approximate surface area is 249 Å². The summed E-state index contributed by atoms with van der Waals surface area (Å²) in [4.78, 5) is 42.1. The fourth-order valence-corrected chi connectivity index (χ4v) is 8.18. The van der Waals surface area contributed by atoms with Crippen molar-refractivity contribution >= 4 is 44.3 Å². The van der Waals surface area contributed by atoms with E-state index < -0.39 is 22.0 Å². The number of aromatic nitrogens is 2. The number of nitrogens with one attached hydrogen (secondary N) is 1. The number of nitrogens with zero attached hydrogens (tertiary/aromatic N) is 4. The van der Waals surface area contributed by atoms with Gasteiger partial charge in [0.1, 0.15) is 5.00 Å². The zero-order chi connectivity index (χ0) is 30.0. The molecule has 0 unspecified atom stereocenters. The van der Waals surface area contributed by atoms with E-state index in [1.54, 1.807) is 31.7 Å². The Kier molecular flexibility index (Phi) is 8.81. The summed E-state index contributed by atoms with van der Waals surface area (Å²) in [6.07, 6.45) is 3.69. The lowest BCUT2D eigenvalue weighted by molar-refractivity contribution is 0.0941. The highest BCUT2D eigenvalue weighted by atomic mass is 32.2. The number of ether oxygens (including phenoxy) is 1. The monoisotopic (exact) mass is 613 g/mol. The number of sulfonamides is 1. The minimum absolute atomic E-state index is 0.145. The van der Waals surface area contributed by atoms with Crippen molar-refractivity contribution in [2.75, 3.05) is 31.6 Å². The summed E-state index contributed by atoms with van der Waals surface area (Å²) in [6, 6.07) is 7.68. The number of benzene rings is 1. The summed E-state index contributed by atoms with van der Waals surface area (Å²) in [5, 5.41) is 7.59. The van der Waals surface area contributed by atoms with Crippen LogP contribution in [0.2, 0.25) is 0 Å². The Morgan fingerprint density at radius 1 is 1.02 bits per heavy atom. The number of fused-ring (bicyclic) bond motifs is 1. The molecule has 11 nitrogen and oxygen atoms in total. The third-order valence-corrected chi connectivity index (χ3v) is 10.6. The molecule has 1 saturated heterocycles. The van der Waals surface area contributed by atoms with Crippen LogP contribution in [0.15, 0.2) is 35.2 Å². The molecule has 2 aliphatic heterocycles. The number of carbonyl (C=O) groups excluding carboxylic acids is 3. The highest BCUT2D eigenvalue weighted by Gasteiger charge is 2.32. The van der Waals surface area contributed by atoms with Crippen LogP contribution in [0.25, 0.3) is 0 Å². The van der Waals surface area contributed by atoms with Crippen molar-refractivity contribution in [3.63, 3.8) is 0 Å². The van der Waals surface area contributed by atoms with Gasteiger partial charge in [-0.2, -0.15) is 9.40 Å². The Balaban J connectivity index is 1.43. The molecular formula is C29H35N5O6S2. The first-order valence-electron chi connectivity index (χ1n) is 14.2. The molecule has 1 aromatic carbocycles. The van der Waals surface area contributed by atoms with Gasteiger partial charge in [0.05, 0.1) is 29.3 Å². The summed E-state index contributed by atoms with van der Waals surface area (Å²) in [5.74, 6) is -0.839. The van der Waals surface area contributed by atoms with E-state index in [9.17, 15) is 22.8 Å². The minimum atomic E-state index is -3.65. The van der Waals surface area contributed by atoms with Gasteiger partial charge < -0.3 is 15.0 Å². The third-order valence-electron chi connectivity index (χ3n) is 7.55. The number of amides is 2. The molecule has 2 aliphatic rings. The van der Waals surface area contributed by atoms with E-state index in [2.05, 4.69) is 10.4 Å². The van der Waals surface area contributed by atoms with Crippen LogP contribution in [0.4, 0.5) is 9.80 Å². The van der Waals surface area contributed by atoms with Crippen LogP contribution in [0.1, 0.15) is 75.2 Å². The van der Waals surface area contributed by atoms with Gasteiger partial charge in [0.2, 0.25) is 10.0 Å². The van der Waals surface area contributed by atoms with E-state index in [4.69, 9.17) is 4.74 Å². The number of aryl methyl sites for hydroxylation is 2. The second-order valence-electron chi connectivity index (χ2n) is 10.5. The smallest absolute Gasteiger partial charge is 0.410 e. The van der Waals surface area contributed by atoms with Gasteiger partial charge in [-0.1, -0.05) is 12.8 Å². The standard InChI is InChI=1S/C29H35N5O6S2/c1-4-40-29(37)32-16-13-23-24(18-32)41-27(25(23)28(36)34-20(3)17-19(2)31-34)30-26(35)21-9-11-22(12-10-21)42(38,39)33-14-7-5-6-8-15-33/h9-12,17H,4-8,13-16,18H2,1-3H3,(H,30,35). The van der Waals surface area contributed by atoms with Crippen molar-refractivity contribution in [2.45, 2.75) is 64.3 Å². The van der Waals surface area contributed by atoms with Crippen LogP contribution in [0.5, 0.6) is 0 Å². The van der Waals surface area contributed by atoms with E-state index in [1.807, 2.05) is 0 Å². The van der Waals surface area contributed by atoms with E-state index in [0.717, 1.165) is 36.1 Å². The van der Waals surface area contributed by atoms with Crippen LogP contribution >= 0.6 is 11.3 Å². The molecule has 0 bridgehead atoms. The molecule has 42 heavy (non-hydrogen) atoms. The van der Waals surface area contributed by atoms with Crippen molar-refractivity contribution in [2.24, 2.45) is 0 Å². The number of hydrogen-bond donors (Lipinski definition) is 1. The normalized spacial score (nSPS) is 16.0. The van der Waals surface area contributed by atoms with E-state index >= 15 is 0 Å². The van der Waals surface area contributed by atoms with Gasteiger partial charge in [-0.25, -0.2) is 17.9 Å². The van der Waals surface area contributed by atoms with Crippen LogP contribution in [-0.4, -0.2) is 71.6 Å². The summed E-state index contributed by atoms with van der Waals surface area (Å²) >= 11 is 1.24. The first-order valence-corrected chi connectivity index (χ1v) is 16.4. The zero-order valence-corrected chi connectivity index (χ0v) is 25.6. The SMILES string of the molecule is CCOC(=O)N1CCc2c(sc(NC(=O)c3ccc(S(=O)(=O)N4CCCCCC4)cc3)c2C(=O)n2nc(C)cc2C)C1. The maximum Gasteiger partial charge on any atom is 0.410 e. The lowest BCUT2D eigenvalue weighted by Gasteiger charge is -2.26. The number of hydrogen-bond acceptors (Lipinski definition) is 8. The average Bonchev–Trinajstić information content (AvgIpc) is 3.35. The molecule has 13 heteroatoms. The molecular weight excluding hydrogens is 578 g/mol. The first kappa shape index (κ1) is 29.9. The lowest BCUT2D eigenvalue weighted by atomic mass is 10.0. The van der Waals surface area contributed by atoms with Crippen LogP contribution in [0, 0.1) is 13.8 Å². The van der Waals surface area contributed by atoms with Crippen LogP contribution < -0.4 is 5.32 Å². The van der Waals surface area contributed by atoms with E-state index in [0.29, 0.717) is 48.0 Å². The van der Waals surface area contributed by atoms with Gasteiger partial charge in [0, 0.05) is 35.8 Å². The Morgan fingerprint density at radius 2 is 1.71 bits per heavy atom. The van der Waals surface area contributed by atoms with Crippen molar-refractivity contribution < 1.29 is 27.5 Å². The predicted octanol–water partition coefficient (Wildman–Crippen LogP) is 4.58. The summed E-state index contributed by atoms with van der Waals surface area (Å²) in [6.45, 7) is 7.22. The highest BCUT2D eigenvalue weighted by Crippen LogP contribution is 2.38. The number of rotatable bonds is 6. The predicted molar refractivity (Wildman–Crippen MR) is 159 cm³/mol. The largest absolute Gasteiger partial charge is 0.450 e. The zero-order valence-electron chi connectivity index (χ0n) is 24.0. The van der Waals surface area contributed by atoms with Crippen LogP contribution in [0.3, 0.4) is 0 Å². The third kappa shape index (κ3) is 5.99. The quantitative estimate of drug-likeness (QED) is 0.431. The van der Waals surface area contributed by atoms with E-state index in [-0.39, 0.29) is 29.5 Å². The molecule has 224 valence electrons. The molecule has 2 amide bonds. The molecule has 0 saturated carbocycles. The molecule has 5 rings (SSSR count). The molecule has 1 N–H and O–H groups in total. The minimum Gasteiger partial charge on any atom is -0.450 e. The Bertz CT molecular complexity index is 1600. The number of carbonyl (C=O) groups is 3. The summed E-state index contributed by atoms with van der Waals surface area (Å²) < 4.78 is 34.3. The second kappa shape index (κ2) is 12.4. The van der Waals surface area contributed by atoms with Crippen molar-refractivity contribution in [1.29, 1.82) is 0 Å². The topological polar surface area (TPSA) is 131 Å². The lowest BCUT2D eigenvalue weighted by Crippen LogP contribution is -2.36. The van der Waals surface area contributed by atoms with Gasteiger partial charge in [0.25, 0.3) is 11.8 Å². The maximum atomic E-state index is 13.8. The summed E-state index contributed by atoms with van der Waals surface area (Å²) in [5.41, 5.74) is 2.73. The molecule has 1 fully saturated rings. The van der Waals surface area contributed by atoms with Crippen molar-refractivity contribution in [3.8, 4) is 0 Å². The molecule has 0 spiro atoms. The Morgan fingerprint density at radius 3 is 2.33 bits per heavy atom. The first-order chi connectivity index (χ1) is 20.1. The Hall–Kier alpha value is -3.55. The van der Waals surface area contributed by atoms with Gasteiger partial charge in [-0.3, -0.25) is 9.59 Å². The van der Waals surface area contributed by atoms with Gasteiger partial charge in [-0.15, -0.1) is 11.3 Å². The van der Waals surface area contributed by atoms with E-state index in [1.165, 1.54) is 44.6 Å². The van der Waals surface area contributed by atoms with Gasteiger partial charge in [-0.05, 0) is 75.9 Å². The average molecular weight is 614 g/mol. The summed E-state index contributed by atoms with van der Waals surface area (Å²) in [7, 11) is -3.65. The van der Waals surface area contributed by atoms with Crippen LogP contribution in [-0.2, 0) is 27.7 Å². The maximum absolute atomic E-state index is 13.8. The molecule has 0 radical (unpaired) electrons. The van der Waals surface area contributed by atoms with Gasteiger partial charge in [0.15, 0.2) is 0 Å². The second-order valence-corrected chi connectivity index (χ2v) is 13.6. The molecule has 3 aromatic rings. The molecule has 2 aromatic heterocycles. The van der Waals surface area contributed by atoms with Gasteiger partial charge >= 0.3 is 6.09 Å². The number of anilines is 1. The highest BCUT2D eigenvalue weighted by molar-refractivity contribution is 7.89. The van der Waals surface area contributed by atoms with Crippen molar-refractivity contribution in [3.05, 3.63) is 63.3 Å². The molecule has 0 atom stereocenters. The fraction of sp³-hybridized carbons (Fsp3) is 0.448.